The van der Waals surface area contributed by atoms with E-state index in [4.69, 9.17) is 10.2 Å². The molecule has 0 atom stereocenters. The van der Waals surface area contributed by atoms with Gasteiger partial charge in [-0.05, 0) is 6.07 Å². The van der Waals surface area contributed by atoms with Gasteiger partial charge in [0, 0.05) is 19.1 Å². The van der Waals surface area contributed by atoms with Crippen LogP contribution in [0.15, 0.2) is 18.2 Å². The summed E-state index contributed by atoms with van der Waals surface area (Å²) in [5.41, 5.74) is -1.20. The first-order valence-electron chi connectivity index (χ1n) is 5.25. The number of aromatic carboxylic acids is 1. The van der Waals surface area contributed by atoms with Crippen LogP contribution in [0.1, 0.15) is 17.3 Å². The van der Waals surface area contributed by atoms with Crippen molar-refractivity contribution in [2.45, 2.75) is 6.92 Å². The SMILES string of the molecule is CC(=O)N(CC(=O)O)c1ccc([N+](=O)[O-])cc1C(=O)O. The van der Waals surface area contributed by atoms with Crippen LogP contribution in [0.2, 0.25) is 0 Å². The van der Waals surface area contributed by atoms with Crippen LogP contribution in [0, 0.1) is 10.1 Å². The fraction of sp³-hybridized carbons (Fsp3) is 0.182. The minimum Gasteiger partial charge on any atom is -0.480 e. The highest BCUT2D eigenvalue weighted by atomic mass is 16.6. The minimum atomic E-state index is -1.50. The van der Waals surface area contributed by atoms with Gasteiger partial charge in [-0.1, -0.05) is 0 Å². The van der Waals surface area contributed by atoms with Gasteiger partial charge in [0.05, 0.1) is 16.2 Å². The minimum absolute atomic E-state index is 0.210. The van der Waals surface area contributed by atoms with Gasteiger partial charge in [-0.2, -0.15) is 0 Å². The summed E-state index contributed by atoms with van der Waals surface area (Å²) in [7, 11) is 0. The second-order valence-corrected chi connectivity index (χ2v) is 3.76. The fourth-order valence-corrected chi connectivity index (χ4v) is 1.55. The van der Waals surface area contributed by atoms with E-state index in [9.17, 15) is 24.5 Å². The quantitative estimate of drug-likeness (QED) is 0.599. The van der Waals surface area contributed by atoms with E-state index in [1.807, 2.05) is 0 Å². The Morgan fingerprint density at radius 3 is 2.30 bits per heavy atom. The van der Waals surface area contributed by atoms with Gasteiger partial charge >= 0.3 is 11.9 Å². The van der Waals surface area contributed by atoms with Crippen LogP contribution in [0.3, 0.4) is 0 Å². The molecule has 0 heterocycles. The molecule has 0 aliphatic heterocycles. The number of benzene rings is 1. The molecule has 1 amide bonds. The molecule has 1 aromatic carbocycles. The molecule has 0 radical (unpaired) electrons. The maximum atomic E-state index is 11.4. The summed E-state index contributed by atoms with van der Waals surface area (Å²) < 4.78 is 0. The fourth-order valence-electron chi connectivity index (χ4n) is 1.55. The molecule has 0 aliphatic rings. The number of carboxylic acid groups (broad SMARTS) is 2. The van der Waals surface area contributed by atoms with Crippen LogP contribution >= 0.6 is 0 Å². The zero-order valence-corrected chi connectivity index (χ0v) is 10.3. The summed E-state index contributed by atoms with van der Waals surface area (Å²) >= 11 is 0. The summed E-state index contributed by atoms with van der Waals surface area (Å²) in [6, 6.07) is 2.81. The highest BCUT2D eigenvalue weighted by Gasteiger charge is 2.23. The number of anilines is 1. The average Bonchev–Trinajstić information content (AvgIpc) is 2.34. The summed E-state index contributed by atoms with van der Waals surface area (Å²) in [5, 5.41) is 28.4. The molecule has 1 rings (SSSR count). The number of rotatable bonds is 5. The normalized spacial score (nSPS) is 9.85. The maximum Gasteiger partial charge on any atom is 0.338 e. The Morgan fingerprint density at radius 1 is 1.30 bits per heavy atom. The summed E-state index contributed by atoms with van der Waals surface area (Å²) in [6.07, 6.45) is 0. The van der Waals surface area contributed by atoms with Crippen molar-refractivity contribution in [2.24, 2.45) is 0 Å². The first-order chi connectivity index (χ1) is 9.23. The lowest BCUT2D eigenvalue weighted by Crippen LogP contribution is -2.35. The molecule has 0 saturated carbocycles. The predicted octanol–water partition coefficient (Wildman–Crippen LogP) is 0.730. The van der Waals surface area contributed by atoms with Gasteiger partial charge in [0.1, 0.15) is 6.54 Å². The molecule has 0 aliphatic carbocycles. The van der Waals surface area contributed by atoms with Gasteiger partial charge in [-0.15, -0.1) is 0 Å². The van der Waals surface area contributed by atoms with E-state index >= 15 is 0 Å². The number of hydrogen-bond donors (Lipinski definition) is 2. The van der Waals surface area contributed by atoms with E-state index in [0.29, 0.717) is 0 Å². The van der Waals surface area contributed by atoms with Gasteiger partial charge < -0.3 is 15.1 Å². The first-order valence-corrected chi connectivity index (χ1v) is 5.25. The molecule has 0 fully saturated rings. The zero-order chi connectivity index (χ0) is 15.4. The van der Waals surface area contributed by atoms with E-state index in [-0.39, 0.29) is 5.69 Å². The third kappa shape index (κ3) is 3.28. The molecule has 0 spiro atoms. The van der Waals surface area contributed by atoms with Crippen molar-refractivity contribution in [1.82, 2.24) is 0 Å². The Hall–Kier alpha value is -2.97. The number of carbonyl (C=O) groups is 3. The number of non-ortho nitro benzene ring substituents is 1. The third-order valence-corrected chi connectivity index (χ3v) is 2.39. The van der Waals surface area contributed by atoms with Gasteiger partial charge in [0.2, 0.25) is 5.91 Å². The Morgan fingerprint density at radius 2 is 1.90 bits per heavy atom. The molecule has 106 valence electrons. The molecule has 9 heteroatoms. The predicted molar refractivity (Wildman–Crippen MR) is 65.7 cm³/mol. The molecule has 0 aromatic heterocycles. The van der Waals surface area contributed by atoms with Crippen molar-refractivity contribution in [2.75, 3.05) is 11.4 Å². The van der Waals surface area contributed by atoms with Crippen molar-refractivity contribution in [3.63, 3.8) is 0 Å². The highest BCUT2D eigenvalue weighted by Crippen LogP contribution is 2.25. The molecule has 0 saturated heterocycles. The Balaban J connectivity index is 3.41. The van der Waals surface area contributed by atoms with Gasteiger partial charge in [0.25, 0.3) is 5.69 Å². The molecular weight excluding hydrogens is 272 g/mol. The van der Waals surface area contributed by atoms with Crippen LogP contribution in [-0.4, -0.2) is 39.5 Å². The molecule has 20 heavy (non-hydrogen) atoms. The summed E-state index contributed by atoms with van der Waals surface area (Å²) in [5.74, 6) is -3.53. The smallest absolute Gasteiger partial charge is 0.338 e. The molecule has 1 aromatic rings. The van der Waals surface area contributed by atoms with Crippen LogP contribution in [-0.2, 0) is 9.59 Å². The van der Waals surface area contributed by atoms with E-state index in [2.05, 4.69) is 0 Å². The van der Waals surface area contributed by atoms with E-state index in [1.54, 1.807) is 0 Å². The molecule has 0 bridgehead atoms. The van der Waals surface area contributed by atoms with Gasteiger partial charge in [-0.25, -0.2) is 4.79 Å². The van der Waals surface area contributed by atoms with E-state index in [1.165, 1.54) is 0 Å². The number of carbonyl (C=O) groups excluding carboxylic acids is 1. The highest BCUT2D eigenvalue weighted by molar-refractivity contribution is 6.03. The van der Waals surface area contributed by atoms with Crippen molar-refractivity contribution in [3.05, 3.63) is 33.9 Å². The maximum absolute atomic E-state index is 11.4. The third-order valence-electron chi connectivity index (χ3n) is 2.39. The average molecular weight is 282 g/mol. The second-order valence-electron chi connectivity index (χ2n) is 3.76. The number of amides is 1. The van der Waals surface area contributed by atoms with Crippen molar-refractivity contribution >= 4 is 29.2 Å². The number of nitrogens with zero attached hydrogens (tertiary/aromatic N) is 2. The number of nitro benzene ring substituents is 1. The molecule has 2 N–H and O–H groups in total. The molecular formula is C11H10N2O7. The lowest BCUT2D eigenvalue weighted by atomic mass is 10.1. The van der Waals surface area contributed by atoms with E-state index in [0.717, 1.165) is 30.0 Å². The number of aliphatic carboxylic acids is 1. The lowest BCUT2D eigenvalue weighted by molar-refractivity contribution is -0.384. The van der Waals surface area contributed by atoms with Crippen molar-refractivity contribution < 1.29 is 29.5 Å². The molecule has 9 nitrogen and oxygen atoms in total. The Kier molecular flexibility index (Phi) is 4.36. The van der Waals surface area contributed by atoms with Crippen LogP contribution in [0.25, 0.3) is 0 Å². The van der Waals surface area contributed by atoms with Crippen LogP contribution in [0.5, 0.6) is 0 Å². The lowest BCUT2D eigenvalue weighted by Gasteiger charge is -2.20. The standard InChI is InChI=1S/C11H10N2O7/c1-6(14)12(5-10(15)16)9-3-2-7(13(19)20)4-8(9)11(17)18/h2-4H,5H2,1H3,(H,15,16)(H,17,18). The first kappa shape index (κ1) is 15.1. The largest absolute Gasteiger partial charge is 0.480 e. The van der Waals surface area contributed by atoms with Crippen molar-refractivity contribution in [3.8, 4) is 0 Å². The number of nitro groups is 1. The number of carboxylic acids is 2. The van der Waals surface area contributed by atoms with Gasteiger partial charge in [0.15, 0.2) is 0 Å². The van der Waals surface area contributed by atoms with Crippen LogP contribution in [0.4, 0.5) is 11.4 Å². The monoisotopic (exact) mass is 282 g/mol. The summed E-state index contributed by atoms with van der Waals surface area (Å²) in [6.45, 7) is 0.323. The Labute approximate surface area is 112 Å². The van der Waals surface area contributed by atoms with Crippen molar-refractivity contribution in [1.29, 1.82) is 0 Å². The Bertz CT molecular complexity index is 596. The number of hydrogen-bond acceptors (Lipinski definition) is 5. The zero-order valence-electron chi connectivity index (χ0n) is 10.3. The topological polar surface area (TPSA) is 138 Å². The second kappa shape index (κ2) is 5.78. The van der Waals surface area contributed by atoms with Crippen LogP contribution < -0.4 is 4.90 Å². The van der Waals surface area contributed by atoms with E-state index < -0.39 is 40.6 Å². The molecule has 0 unspecified atom stereocenters. The van der Waals surface area contributed by atoms with Gasteiger partial charge in [-0.3, -0.25) is 19.7 Å². The summed E-state index contributed by atoms with van der Waals surface area (Å²) in [4.78, 5) is 43.7.